The van der Waals surface area contributed by atoms with Crippen molar-refractivity contribution in [3.63, 3.8) is 0 Å². The van der Waals surface area contributed by atoms with Crippen molar-refractivity contribution in [3.05, 3.63) is 59.2 Å². The van der Waals surface area contributed by atoms with E-state index in [1.807, 2.05) is 0 Å². The Kier molecular flexibility index (Phi) is 5.11. The van der Waals surface area contributed by atoms with Crippen molar-refractivity contribution in [1.29, 1.82) is 0 Å². The van der Waals surface area contributed by atoms with E-state index >= 15 is 0 Å². The van der Waals surface area contributed by atoms with E-state index in [0.717, 1.165) is 31.2 Å². The first-order valence-corrected chi connectivity index (χ1v) is 7.33. The summed E-state index contributed by atoms with van der Waals surface area (Å²) >= 11 is 0. The van der Waals surface area contributed by atoms with E-state index in [0.29, 0.717) is 11.8 Å². The number of halogens is 2. The van der Waals surface area contributed by atoms with Crippen LogP contribution in [-0.2, 0) is 0 Å². The highest BCUT2D eigenvalue weighted by molar-refractivity contribution is 5.22. The lowest BCUT2D eigenvalue weighted by atomic mass is 9.78. The SMILES string of the molecule is CC(C)=C/C=C/C1CCC(c2ccc(F)c(F)c2)CC1. The Balaban J connectivity index is 1.92. The van der Waals surface area contributed by atoms with Crippen molar-refractivity contribution in [2.45, 2.75) is 45.4 Å². The molecule has 0 nitrogen and oxygen atoms in total. The van der Waals surface area contributed by atoms with Crippen LogP contribution >= 0.6 is 0 Å². The van der Waals surface area contributed by atoms with Gasteiger partial charge in [-0.2, -0.15) is 0 Å². The second-order valence-corrected chi connectivity index (χ2v) is 5.91. The summed E-state index contributed by atoms with van der Waals surface area (Å²) in [6.07, 6.45) is 10.9. The summed E-state index contributed by atoms with van der Waals surface area (Å²) in [4.78, 5) is 0. The molecule has 0 bridgehead atoms. The fraction of sp³-hybridized carbons (Fsp3) is 0.444. The molecule has 2 heteroatoms. The Morgan fingerprint density at radius 3 is 2.35 bits per heavy atom. The predicted octanol–water partition coefficient (Wildman–Crippen LogP) is 5.76. The Morgan fingerprint density at radius 2 is 1.75 bits per heavy atom. The molecule has 0 atom stereocenters. The fourth-order valence-corrected chi connectivity index (χ4v) is 2.82. The average Bonchev–Trinajstić information content (AvgIpc) is 2.42. The molecule has 0 saturated heterocycles. The molecule has 0 aliphatic heterocycles. The molecule has 0 amide bonds. The molecule has 0 heterocycles. The van der Waals surface area contributed by atoms with Crippen LogP contribution in [0.25, 0.3) is 0 Å². The first-order chi connectivity index (χ1) is 9.56. The van der Waals surface area contributed by atoms with E-state index in [2.05, 4.69) is 32.1 Å². The van der Waals surface area contributed by atoms with Gasteiger partial charge in [-0.3, -0.25) is 0 Å². The molecule has 1 aliphatic rings. The number of benzene rings is 1. The third-order valence-electron chi connectivity index (χ3n) is 4.00. The van der Waals surface area contributed by atoms with E-state index in [4.69, 9.17) is 0 Å². The van der Waals surface area contributed by atoms with E-state index < -0.39 is 11.6 Å². The van der Waals surface area contributed by atoms with Crippen LogP contribution in [0.4, 0.5) is 8.78 Å². The van der Waals surface area contributed by atoms with E-state index in [9.17, 15) is 8.78 Å². The number of hydrogen-bond acceptors (Lipinski definition) is 0. The number of hydrogen-bond donors (Lipinski definition) is 0. The van der Waals surface area contributed by atoms with Gasteiger partial charge >= 0.3 is 0 Å². The quantitative estimate of drug-likeness (QED) is 0.616. The van der Waals surface area contributed by atoms with Crippen LogP contribution in [0.3, 0.4) is 0 Å². The van der Waals surface area contributed by atoms with Crippen molar-refractivity contribution < 1.29 is 8.78 Å². The maximum Gasteiger partial charge on any atom is 0.159 e. The third kappa shape index (κ3) is 4.03. The molecule has 2 rings (SSSR count). The minimum absolute atomic E-state index is 0.373. The minimum Gasteiger partial charge on any atom is -0.204 e. The second-order valence-electron chi connectivity index (χ2n) is 5.91. The molecule has 1 aromatic rings. The molecule has 1 saturated carbocycles. The summed E-state index contributed by atoms with van der Waals surface area (Å²) in [6.45, 7) is 4.18. The number of allylic oxidation sites excluding steroid dienone is 4. The Morgan fingerprint density at radius 1 is 1.05 bits per heavy atom. The van der Waals surface area contributed by atoms with Gasteiger partial charge in [-0.15, -0.1) is 0 Å². The molecular weight excluding hydrogens is 254 g/mol. The molecule has 0 unspecified atom stereocenters. The Hall–Kier alpha value is -1.44. The zero-order valence-corrected chi connectivity index (χ0v) is 12.2. The van der Waals surface area contributed by atoms with Gasteiger partial charge in [0, 0.05) is 0 Å². The maximum absolute atomic E-state index is 13.3. The van der Waals surface area contributed by atoms with Crippen LogP contribution in [0.2, 0.25) is 0 Å². The first kappa shape index (κ1) is 15.0. The molecule has 0 aromatic heterocycles. The second kappa shape index (κ2) is 6.83. The first-order valence-electron chi connectivity index (χ1n) is 7.33. The fourth-order valence-electron chi connectivity index (χ4n) is 2.82. The van der Waals surface area contributed by atoms with Crippen molar-refractivity contribution >= 4 is 0 Å². The normalized spacial score (nSPS) is 23.0. The van der Waals surface area contributed by atoms with Gasteiger partial charge in [0.25, 0.3) is 0 Å². The lowest BCUT2D eigenvalue weighted by Gasteiger charge is -2.27. The van der Waals surface area contributed by atoms with Crippen molar-refractivity contribution in [2.24, 2.45) is 5.92 Å². The largest absolute Gasteiger partial charge is 0.204 e. The van der Waals surface area contributed by atoms with Crippen LogP contribution in [-0.4, -0.2) is 0 Å². The van der Waals surface area contributed by atoms with E-state index in [1.54, 1.807) is 6.07 Å². The summed E-state index contributed by atoms with van der Waals surface area (Å²) < 4.78 is 26.2. The Labute approximate surface area is 120 Å². The molecule has 108 valence electrons. The highest BCUT2D eigenvalue weighted by atomic mass is 19.2. The minimum atomic E-state index is -0.757. The highest BCUT2D eigenvalue weighted by Gasteiger charge is 2.21. The predicted molar refractivity (Wildman–Crippen MR) is 79.6 cm³/mol. The molecular formula is C18H22F2. The Bertz CT molecular complexity index is 502. The maximum atomic E-state index is 13.3. The van der Waals surface area contributed by atoms with Gasteiger partial charge in [-0.05, 0) is 69.1 Å². The summed E-state index contributed by atoms with van der Waals surface area (Å²) in [5.74, 6) is -0.495. The van der Waals surface area contributed by atoms with Gasteiger partial charge in [0.1, 0.15) is 0 Å². The topological polar surface area (TPSA) is 0 Å². The van der Waals surface area contributed by atoms with Crippen LogP contribution < -0.4 is 0 Å². The van der Waals surface area contributed by atoms with Gasteiger partial charge in [-0.25, -0.2) is 8.78 Å². The molecule has 20 heavy (non-hydrogen) atoms. The zero-order valence-electron chi connectivity index (χ0n) is 12.2. The van der Waals surface area contributed by atoms with Crippen LogP contribution in [0, 0.1) is 17.6 Å². The van der Waals surface area contributed by atoms with Gasteiger partial charge in [0.2, 0.25) is 0 Å². The lowest BCUT2D eigenvalue weighted by Crippen LogP contribution is -2.12. The number of rotatable bonds is 3. The van der Waals surface area contributed by atoms with Gasteiger partial charge in [0.05, 0.1) is 0 Å². The van der Waals surface area contributed by atoms with Gasteiger partial charge in [0.15, 0.2) is 11.6 Å². The van der Waals surface area contributed by atoms with E-state index in [1.165, 1.54) is 17.7 Å². The van der Waals surface area contributed by atoms with Crippen LogP contribution in [0.15, 0.2) is 42.0 Å². The van der Waals surface area contributed by atoms with Crippen molar-refractivity contribution in [2.75, 3.05) is 0 Å². The lowest BCUT2D eigenvalue weighted by molar-refractivity contribution is 0.374. The summed E-state index contributed by atoms with van der Waals surface area (Å²) in [7, 11) is 0. The summed E-state index contributed by atoms with van der Waals surface area (Å²) in [6, 6.07) is 4.33. The monoisotopic (exact) mass is 276 g/mol. The van der Waals surface area contributed by atoms with Crippen LogP contribution in [0.5, 0.6) is 0 Å². The smallest absolute Gasteiger partial charge is 0.159 e. The van der Waals surface area contributed by atoms with Crippen molar-refractivity contribution in [3.8, 4) is 0 Å². The van der Waals surface area contributed by atoms with E-state index in [-0.39, 0.29) is 0 Å². The summed E-state index contributed by atoms with van der Waals surface area (Å²) in [5, 5.41) is 0. The van der Waals surface area contributed by atoms with Gasteiger partial charge < -0.3 is 0 Å². The zero-order chi connectivity index (χ0) is 14.5. The van der Waals surface area contributed by atoms with Crippen LogP contribution in [0.1, 0.15) is 51.0 Å². The molecule has 0 radical (unpaired) electrons. The van der Waals surface area contributed by atoms with Gasteiger partial charge in [-0.1, -0.05) is 29.9 Å². The third-order valence-corrected chi connectivity index (χ3v) is 4.00. The van der Waals surface area contributed by atoms with Crippen molar-refractivity contribution in [1.82, 2.24) is 0 Å². The highest BCUT2D eigenvalue weighted by Crippen LogP contribution is 2.36. The molecule has 1 aromatic carbocycles. The average molecular weight is 276 g/mol. The molecule has 1 aliphatic carbocycles. The molecule has 0 spiro atoms. The summed E-state index contributed by atoms with van der Waals surface area (Å²) in [5.41, 5.74) is 2.24. The molecule has 0 N–H and O–H groups in total. The standard InChI is InChI=1S/C18H22F2/c1-13(2)4-3-5-14-6-8-15(9-7-14)16-10-11-17(19)18(20)12-16/h3-5,10-12,14-15H,6-9H2,1-2H3/b5-3+. The molecule has 1 fully saturated rings.